The fraction of sp³-hybridized carbons (Fsp3) is 0.0833. The van der Waals surface area contributed by atoms with E-state index in [4.69, 9.17) is 5.11 Å². The molecular formula is C12H10FNO2. The van der Waals surface area contributed by atoms with Crippen LogP contribution in [0.4, 0.5) is 4.39 Å². The number of aliphatic carboxylic acids is 1. The monoisotopic (exact) mass is 219 g/mol. The maximum Gasteiger partial charge on any atom is 0.328 e. The zero-order chi connectivity index (χ0) is 11.7. The number of rotatable bonds is 2. The van der Waals surface area contributed by atoms with Gasteiger partial charge < -0.3 is 10.1 Å². The number of H-pyrrole nitrogens is 1. The summed E-state index contributed by atoms with van der Waals surface area (Å²) in [6.07, 6.45) is 4.14. The Balaban J connectivity index is 2.64. The Bertz CT molecular complexity index is 584. The summed E-state index contributed by atoms with van der Waals surface area (Å²) < 4.78 is 13.3. The maximum absolute atomic E-state index is 13.3. The van der Waals surface area contributed by atoms with E-state index in [2.05, 4.69) is 4.98 Å². The number of nitrogens with one attached hydrogen (secondary N) is 1. The SMILES string of the molecule is Cc1c[nH]c2c(C=CC(=O)O)cc(F)cc12. The van der Waals surface area contributed by atoms with Crippen LogP contribution in [0.2, 0.25) is 0 Å². The zero-order valence-corrected chi connectivity index (χ0v) is 8.62. The van der Waals surface area contributed by atoms with Gasteiger partial charge in [0, 0.05) is 23.2 Å². The molecule has 3 nitrogen and oxygen atoms in total. The average Bonchev–Trinajstić information content (AvgIpc) is 2.57. The molecule has 1 heterocycles. The van der Waals surface area contributed by atoms with Gasteiger partial charge in [-0.25, -0.2) is 9.18 Å². The predicted octanol–water partition coefficient (Wildman–Crippen LogP) is 2.71. The summed E-state index contributed by atoms with van der Waals surface area (Å²) in [6, 6.07) is 2.73. The van der Waals surface area contributed by atoms with Crippen LogP contribution >= 0.6 is 0 Å². The molecule has 0 aliphatic rings. The van der Waals surface area contributed by atoms with Gasteiger partial charge in [0.05, 0.1) is 5.52 Å². The van der Waals surface area contributed by atoms with Gasteiger partial charge in [-0.05, 0) is 30.7 Å². The number of carbonyl (C=O) groups is 1. The van der Waals surface area contributed by atoms with Gasteiger partial charge in [-0.3, -0.25) is 0 Å². The summed E-state index contributed by atoms with van der Waals surface area (Å²) in [5.41, 5.74) is 2.21. The van der Waals surface area contributed by atoms with Gasteiger partial charge in [0.2, 0.25) is 0 Å². The van der Waals surface area contributed by atoms with Gasteiger partial charge >= 0.3 is 5.97 Å². The van der Waals surface area contributed by atoms with E-state index in [1.54, 1.807) is 6.20 Å². The minimum absolute atomic E-state index is 0.375. The summed E-state index contributed by atoms with van der Waals surface area (Å²) in [4.78, 5) is 13.4. The van der Waals surface area contributed by atoms with Crippen LogP contribution in [0.25, 0.3) is 17.0 Å². The molecule has 2 N–H and O–H groups in total. The van der Waals surface area contributed by atoms with Gasteiger partial charge in [0.15, 0.2) is 0 Å². The molecule has 0 unspecified atom stereocenters. The van der Waals surface area contributed by atoms with Gasteiger partial charge in [0.25, 0.3) is 0 Å². The quantitative estimate of drug-likeness (QED) is 0.763. The Hall–Kier alpha value is -2.10. The van der Waals surface area contributed by atoms with Gasteiger partial charge in [-0.2, -0.15) is 0 Å². The molecule has 2 aromatic rings. The largest absolute Gasteiger partial charge is 0.478 e. The second-order valence-corrected chi connectivity index (χ2v) is 3.56. The van der Waals surface area contributed by atoms with Crippen LogP contribution in [0.1, 0.15) is 11.1 Å². The minimum atomic E-state index is -1.05. The van der Waals surface area contributed by atoms with Crippen molar-refractivity contribution in [2.24, 2.45) is 0 Å². The number of halogens is 1. The van der Waals surface area contributed by atoms with Crippen molar-refractivity contribution in [1.82, 2.24) is 4.98 Å². The molecule has 2 rings (SSSR count). The Morgan fingerprint density at radius 2 is 2.25 bits per heavy atom. The van der Waals surface area contributed by atoms with Crippen molar-refractivity contribution in [3.63, 3.8) is 0 Å². The predicted molar refractivity (Wildman–Crippen MR) is 59.7 cm³/mol. The van der Waals surface area contributed by atoms with E-state index in [0.29, 0.717) is 5.56 Å². The summed E-state index contributed by atoms with van der Waals surface area (Å²) >= 11 is 0. The number of carboxylic acids is 1. The minimum Gasteiger partial charge on any atom is -0.478 e. The van der Waals surface area contributed by atoms with Crippen molar-refractivity contribution < 1.29 is 14.3 Å². The lowest BCUT2D eigenvalue weighted by Gasteiger charge is -1.98. The van der Waals surface area contributed by atoms with Crippen molar-refractivity contribution >= 4 is 22.9 Å². The first-order valence-corrected chi connectivity index (χ1v) is 4.76. The molecule has 0 aliphatic carbocycles. The van der Waals surface area contributed by atoms with Gasteiger partial charge in [-0.15, -0.1) is 0 Å². The van der Waals surface area contributed by atoms with Crippen molar-refractivity contribution in [3.8, 4) is 0 Å². The topological polar surface area (TPSA) is 53.1 Å². The Morgan fingerprint density at radius 3 is 2.94 bits per heavy atom. The Labute approximate surface area is 91.2 Å². The molecule has 4 heteroatoms. The molecule has 0 amide bonds. The molecule has 0 saturated carbocycles. The van der Waals surface area contributed by atoms with E-state index in [1.165, 1.54) is 18.2 Å². The van der Waals surface area contributed by atoms with Crippen LogP contribution < -0.4 is 0 Å². The molecule has 1 aromatic heterocycles. The lowest BCUT2D eigenvalue weighted by atomic mass is 10.1. The highest BCUT2D eigenvalue weighted by Gasteiger charge is 2.06. The summed E-state index contributed by atoms with van der Waals surface area (Å²) in [5, 5.41) is 9.30. The second kappa shape index (κ2) is 3.81. The first kappa shape index (κ1) is 10.4. The van der Waals surface area contributed by atoms with Crippen molar-refractivity contribution in [2.45, 2.75) is 6.92 Å². The summed E-state index contributed by atoms with van der Waals surface area (Å²) in [7, 11) is 0. The number of fused-ring (bicyclic) bond motifs is 1. The van der Waals surface area contributed by atoms with E-state index in [1.807, 2.05) is 6.92 Å². The van der Waals surface area contributed by atoms with E-state index in [9.17, 15) is 9.18 Å². The highest BCUT2D eigenvalue weighted by Crippen LogP contribution is 2.23. The molecule has 0 atom stereocenters. The van der Waals surface area contributed by atoms with E-state index in [0.717, 1.165) is 22.5 Å². The standard InChI is InChI=1S/C12H10FNO2/c1-7-6-14-12-8(2-3-11(15)16)4-9(13)5-10(7)12/h2-6,14H,1H3,(H,15,16). The van der Waals surface area contributed by atoms with Crippen molar-refractivity contribution in [3.05, 3.63) is 41.3 Å². The number of aryl methyl sites for hydroxylation is 1. The third-order valence-electron chi connectivity index (χ3n) is 2.40. The Morgan fingerprint density at radius 1 is 1.50 bits per heavy atom. The molecule has 0 saturated heterocycles. The molecule has 0 bridgehead atoms. The highest BCUT2D eigenvalue weighted by molar-refractivity contribution is 5.94. The molecule has 82 valence electrons. The third-order valence-corrected chi connectivity index (χ3v) is 2.40. The van der Waals surface area contributed by atoms with Crippen LogP contribution in [-0.2, 0) is 4.79 Å². The third kappa shape index (κ3) is 1.82. The number of hydrogen-bond donors (Lipinski definition) is 2. The van der Waals surface area contributed by atoms with Gasteiger partial charge in [0.1, 0.15) is 5.82 Å². The zero-order valence-electron chi connectivity index (χ0n) is 8.62. The fourth-order valence-electron chi connectivity index (χ4n) is 1.65. The van der Waals surface area contributed by atoms with Crippen molar-refractivity contribution in [1.29, 1.82) is 0 Å². The normalized spacial score (nSPS) is 11.4. The second-order valence-electron chi connectivity index (χ2n) is 3.56. The van der Waals surface area contributed by atoms with Crippen LogP contribution in [0, 0.1) is 12.7 Å². The van der Waals surface area contributed by atoms with Crippen LogP contribution in [0.3, 0.4) is 0 Å². The number of benzene rings is 1. The maximum atomic E-state index is 13.3. The molecule has 0 spiro atoms. The lowest BCUT2D eigenvalue weighted by molar-refractivity contribution is -0.131. The fourth-order valence-corrected chi connectivity index (χ4v) is 1.65. The van der Waals surface area contributed by atoms with E-state index < -0.39 is 5.97 Å². The number of hydrogen-bond acceptors (Lipinski definition) is 1. The first-order valence-electron chi connectivity index (χ1n) is 4.76. The number of carboxylic acid groups (broad SMARTS) is 1. The van der Waals surface area contributed by atoms with Crippen LogP contribution in [0.15, 0.2) is 24.4 Å². The summed E-state index contributed by atoms with van der Waals surface area (Å²) in [5.74, 6) is -1.43. The van der Waals surface area contributed by atoms with Crippen LogP contribution in [-0.4, -0.2) is 16.1 Å². The molecule has 16 heavy (non-hydrogen) atoms. The Kier molecular flexibility index (Phi) is 2.48. The smallest absolute Gasteiger partial charge is 0.328 e. The number of aromatic nitrogens is 1. The summed E-state index contributed by atoms with van der Waals surface area (Å²) in [6.45, 7) is 1.86. The van der Waals surface area contributed by atoms with E-state index >= 15 is 0 Å². The average molecular weight is 219 g/mol. The molecular weight excluding hydrogens is 209 g/mol. The molecule has 0 radical (unpaired) electrons. The van der Waals surface area contributed by atoms with E-state index in [-0.39, 0.29) is 5.82 Å². The van der Waals surface area contributed by atoms with Crippen molar-refractivity contribution in [2.75, 3.05) is 0 Å². The van der Waals surface area contributed by atoms with Gasteiger partial charge in [-0.1, -0.05) is 0 Å². The molecule has 1 aromatic carbocycles. The highest BCUT2D eigenvalue weighted by atomic mass is 19.1. The van der Waals surface area contributed by atoms with Crippen LogP contribution in [0.5, 0.6) is 0 Å². The first-order chi connectivity index (χ1) is 7.58. The molecule has 0 fully saturated rings. The molecule has 0 aliphatic heterocycles. The lowest BCUT2D eigenvalue weighted by Crippen LogP contribution is -1.87. The number of aromatic amines is 1.